The molecule has 5 N–H and O–H groups in total. The van der Waals surface area contributed by atoms with E-state index in [-0.39, 0.29) is 23.1 Å². The molecule has 0 fully saturated rings. The third-order valence-corrected chi connectivity index (χ3v) is 6.96. The molecule has 39 heavy (non-hydrogen) atoms. The van der Waals surface area contributed by atoms with Gasteiger partial charge in [0.1, 0.15) is 18.2 Å². The number of halogens is 3. The third kappa shape index (κ3) is 9.44. The fourth-order valence-corrected chi connectivity index (χ4v) is 4.85. The summed E-state index contributed by atoms with van der Waals surface area (Å²) in [5.74, 6) is -1.74. The van der Waals surface area contributed by atoms with Crippen LogP contribution >= 0.6 is 30.8 Å². The van der Waals surface area contributed by atoms with E-state index in [1.54, 1.807) is 0 Å². The van der Waals surface area contributed by atoms with Crippen LogP contribution in [0.4, 0.5) is 18.7 Å². The molecule has 0 radical (unpaired) electrons. The summed E-state index contributed by atoms with van der Waals surface area (Å²) in [4.78, 5) is 46.8. The Hall–Kier alpha value is -2.75. The number of hydrogen-bond acceptors (Lipinski definition) is 9. The number of thiazole rings is 1. The van der Waals surface area contributed by atoms with Crippen molar-refractivity contribution >= 4 is 58.1 Å². The first kappa shape index (κ1) is 30.8. The first-order chi connectivity index (χ1) is 18.3. The Morgan fingerprint density at radius 2 is 1.97 bits per heavy atom. The zero-order valence-corrected chi connectivity index (χ0v) is 22.7. The maximum absolute atomic E-state index is 13.8. The molecule has 1 heterocycles. The third-order valence-electron chi connectivity index (χ3n) is 5.12. The minimum Gasteiger partial charge on any atom is -0.447 e. The number of fused-ring (bicyclic) bond motifs is 1. The lowest BCUT2D eigenvalue weighted by atomic mass is 10.1. The molecule has 3 aromatic rings. The standard InChI is InChI=1S/C22H24ClF2N4O8PS/c1-12(30)29(26-9-13-3-2-4-17(25)20(13)23)15(8-16(31)11-37-38(33,34)35)10-36-22(32)28-21-27-18-6-5-14(24)7-19(18)39-21/h2-7,15-16,26,31H,8-11H2,1H3,(H,27,28,32)(H2,33,34,35)/t15-,16+/m0/s1. The van der Waals surface area contributed by atoms with Crippen LogP contribution < -0.4 is 10.7 Å². The van der Waals surface area contributed by atoms with E-state index in [1.165, 1.54) is 37.3 Å². The summed E-state index contributed by atoms with van der Waals surface area (Å²) in [6.07, 6.45) is -2.82. The van der Waals surface area contributed by atoms with Gasteiger partial charge in [-0.25, -0.2) is 28.6 Å². The molecule has 1 aromatic heterocycles. The van der Waals surface area contributed by atoms with E-state index in [0.717, 1.165) is 22.4 Å². The Kier molecular flexibility index (Phi) is 10.7. The number of phosphoric ester groups is 1. The average molecular weight is 609 g/mol. The van der Waals surface area contributed by atoms with Crippen LogP contribution in [0, 0.1) is 11.6 Å². The molecule has 0 bridgehead atoms. The van der Waals surface area contributed by atoms with Gasteiger partial charge >= 0.3 is 13.9 Å². The van der Waals surface area contributed by atoms with Gasteiger partial charge in [-0.05, 0) is 29.8 Å². The minimum atomic E-state index is -4.89. The number of carbonyl (C=O) groups is 2. The van der Waals surface area contributed by atoms with Crippen molar-refractivity contribution in [3.8, 4) is 0 Å². The predicted molar refractivity (Wildman–Crippen MR) is 138 cm³/mol. The van der Waals surface area contributed by atoms with E-state index in [9.17, 15) is 28.0 Å². The van der Waals surface area contributed by atoms with Gasteiger partial charge in [-0.1, -0.05) is 35.1 Å². The van der Waals surface area contributed by atoms with Gasteiger partial charge in [0.2, 0.25) is 5.91 Å². The number of aliphatic hydroxyl groups excluding tert-OH is 1. The van der Waals surface area contributed by atoms with Crippen molar-refractivity contribution in [2.24, 2.45) is 0 Å². The number of aromatic nitrogens is 1. The largest absolute Gasteiger partial charge is 0.469 e. The van der Waals surface area contributed by atoms with Gasteiger partial charge < -0.3 is 19.6 Å². The lowest BCUT2D eigenvalue weighted by molar-refractivity contribution is -0.137. The molecule has 12 nitrogen and oxygen atoms in total. The van der Waals surface area contributed by atoms with Gasteiger partial charge in [-0.15, -0.1) is 0 Å². The molecule has 2 amide bonds. The predicted octanol–water partition coefficient (Wildman–Crippen LogP) is 3.56. The van der Waals surface area contributed by atoms with Gasteiger partial charge in [0, 0.05) is 19.9 Å². The second kappa shape index (κ2) is 13.5. The van der Waals surface area contributed by atoms with Crippen LogP contribution in [0.2, 0.25) is 5.02 Å². The summed E-state index contributed by atoms with van der Waals surface area (Å²) in [5.41, 5.74) is 3.50. The number of nitrogens with one attached hydrogen (secondary N) is 2. The molecule has 212 valence electrons. The number of rotatable bonds is 12. The maximum Gasteiger partial charge on any atom is 0.469 e. The number of ether oxygens (including phenoxy) is 1. The van der Waals surface area contributed by atoms with E-state index >= 15 is 0 Å². The first-order valence-electron chi connectivity index (χ1n) is 11.2. The molecule has 17 heteroatoms. The smallest absolute Gasteiger partial charge is 0.447 e. The van der Waals surface area contributed by atoms with Crippen molar-refractivity contribution in [1.29, 1.82) is 0 Å². The highest BCUT2D eigenvalue weighted by atomic mass is 35.5. The molecule has 0 saturated carbocycles. The Morgan fingerprint density at radius 1 is 1.23 bits per heavy atom. The second-order valence-corrected chi connectivity index (χ2v) is 10.8. The van der Waals surface area contributed by atoms with Gasteiger partial charge in [0.05, 0.1) is 34.0 Å². The van der Waals surface area contributed by atoms with E-state index in [1.807, 2.05) is 0 Å². The summed E-state index contributed by atoms with van der Waals surface area (Å²) < 4.78 is 48.2. The van der Waals surface area contributed by atoms with E-state index < -0.39 is 56.8 Å². The Bertz CT molecular complexity index is 1380. The Labute approximate surface area is 229 Å². The SMILES string of the molecule is CC(=O)N(NCc1cccc(F)c1Cl)[C@H](COC(=O)Nc1nc2ccc(F)cc2s1)C[C@@H](O)COP(=O)(O)O. The second-order valence-electron chi connectivity index (χ2n) is 8.12. The van der Waals surface area contributed by atoms with Crippen LogP contribution in [0.1, 0.15) is 18.9 Å². The number of benzene rings is 2. The molecule has 2 atom stereocenters. The maximum atomic E-state index is 13.8. The molecule has 0 aliphatic heterocycles. The number of hydrazine groups is 1. The van der Waals surface area contributed by atoms with Crippen LogP contribution in [0.15, 0.2) is 36.4 Å². The van der Waals surface area contributed by atoms with Gasteiger partial charge in [0.15, 0.2) is 5.13 Å². The Morgan fingerprint density at radius 3 is 2.67 bits per heavy atom. The number of amides is 2. The van der Waals surface area contributed by atoms with Crippen LogP contribution in [-0.4, -0.2) is 62.2 Å². The molecule has 0 unspecified atom stereocenters. The van der Waals surface area contributed by atoms with Crippen molar-refractivity contribution < 1.29 is 47.1 Å². The van der Waals surface area contributed by atoms with E-state index in [2.05, 4.69) is 20.3 Å². The van der Waals surface area contributed by atoms with Crippen molar-refractivity contribution in [3.63, 3.8) is 0 Å². The normalized spacial score (nSPS) is 13.2. The number of aliphatic hydroxyl groups is 1. The molecule has 0 aliphatic carbocycles. The van der Waals surface area contributed by atoms with E-state index in [0.29, 0.717) is 15.8 Å². The van der Waals surface area contributed by atoms with Crippen LogP contribution in [0.3, 0.4) is 0 Å². The van der Waals surface area contributed by atoms with Crippen molar-refractivity contribution in [1.82, 2.24) is 15.4 Å². The molecule has 3 rings (SSSR count). The molecular formula is C22H24ClF2N4O8PS. The highest BCUT2D eigenvalue weighted by Gasteiger charge is 2.28. The monoisotopic (exact) mass is 608 g/mol. The Balaban J connectivity index is 1.71. The summed E-state index contributed by atoms with van der Waals surface area (Å²) in [5, 5.41) is 13.6. The fraction of sp³-hybridized carbons (Fsp3) is 0.318. The van der Waals surface area contributed by atoms with Crippen molar-refractivity contribution in [2.75, 3.05) is 18.5 Å². The lowest BCUT2D eigenvalue weighted by Gasteiger charge is -2.32. The highest BCUT2D eigenvalue weighted by Crippen LogP contribution is 2.36. The van der Waals surface area contributed by atoms with Crippen molar-refractivity contribution in [2.45, 2.75) is 32.0 Å². The number of hydrogen-bond donors (Lipinski definition) is 5. The first-order valence-corrected chi connectivity index (χ1v) is 13.9. The fourth-order valence-electron chi connectivity index (χ4n) is 3.41. The number of nitrogens with zero attached hydrogens (tertiary/aromatic N) is 2. The summed E-state index contributed by atoms with van der Waals surface area (Å²) in [6.45, 7) is -0.235. The number of phosphoric acid groups is 1. The van der Waals surface area contributed by atoms with Gasteiger partial charge in [-0.2, -0.15) is 0 Å². The molecule has 0 aliphatic rings. The van der Waals surface area contributed by atoms with Crippen molar-refractivity contribution in [3.05, 3.63) is 58.6 Å². The molecule has 0 saturated heterocycles. The quantitative estimate of drug-likeness (QED) is 0.151. The van der Waals surface area contributed by atoms with Gasteiger partial charge in [-0.3, -0.25) is 19.6 Å². The summed E-state index contributed by atoms with van der Waals surface area (Å²) in [6, 6.07) is 6.92. The minimum absolute atomic E-state index is 0.120. The molecule has 2 aromatic carbocycles. The highest BCUT2D eigenvalue weighted by molar-refractivity contribution is 7.46. The topological polar surface area (TPSA) is 171 Å². The zero-order valence-electron chi connectivity index (χ0n) is 20.2. The number of anilines is 1. The van der Waals surface area contributed by atoms with E-state index in [4.69, 9.17) is 26.1 Å². The van der Waals surface area contributed by atoms with Crippen LogP contribution in [0.5, 0.6) is 0 Å². The average Bonchev–Trinajstić information content (AvgIpc) is 3.24. The van der Waals surface area contributed by atoms with Gasteiger partial charge in [0.25, 0.3) is 0 Å². The molecular weight excluding hydrogens is 585 g/mol. The van der Waals surface area contributed by atoms with Crippen LogP contribution in [0.25, 0.3) is 10.2 Å². The summed E-state index contributed by atoms with van der Waals surface area (Å²) >= 11 is 6.97. The molecule has 0 spiro atoms. The summed E-state index contributed by atoms with van der Waals surface area (Å²) in [7, 11) is -4.89. The van der Waals surface area contributed by atoms with Crippen LogP contribution in [-0.2, 0) is 25.2 Å². The zero-order chi connectivity index (χ0) is 28.7. The lowest BCUT2D eigenvalue weighted by Crippen LogP contribution is -2.52. The number of carbonyl (C=O) groups excluding carboxylic acids is 2.